The van der Waals surface area contributed by atoms with Crippen molar-refractivity contribution in [3.63, 3.8) is 0 Å². The first-order valence-corrected chi connectivity index (χ1v) is 9.26. The van der Waals surface area contributed by atoms with Crippen LogP contribution in [0.2, 0.25) is 0 Å². The van der Waals surface area contributed by atoms with Gasteiger partial charge in [0.25, 0.3) is 0 Å². The van der Waals surface area contributed by atoms with E-state index < -0.39 is 2.41 Å². The molecule has 0 bridgehead atoms. The van der Waals surface area contributed by atoms with E-state index in [1.807, 2.05) is 0 Å². The van der Waals surface area contributed by atoms with E-state index in [4.69, 9.17) is 11.3 Å². The monoisotopic (exact) mass is 334 g/mol. The van der Waals surface area contributed by atoms with Gasteiger partial charge in [-0.3, -0.25) is 0 Å². The van der Waals surface area contributed by atoms with E-state index in [0.29, 0.717) is 0 Å². The minimum atomic E-state index is -1.81. The molecule has 0 fully saturated rings. The third-order valence-corrected chi connectivity index (χ3v) is 2.40. The zero-order chi connectivity index (χ0) is 5.21. The van der Waals surface area contributed by atoms with E-state index in [1.165, 1.54) is 21.7 Å². The van der Waals surface area contributed by atoms with Crippen molar-refractivity contribution < 1.29 is 4.89 Å². The second kappa shape index (κ2) is 2.74. The van der Waals surface area contributed by atoms with Crippen molar-refractivity contribution in [2.75, 3.05) is 0 Å². The second-order valence-corrected chi connectivity index (χ2v) is 19.0. The van der Waals surface area contributed by atoms with Crippen molar-refractivity contribution in [2.45, 2.75) is 0 Å². The van der Waals surface area contributed by atoms with Crippen molar-refractivity contribution in [2.24, 2.45) is 0 Å². The van der Waals surface area contributed by atoms with Crippen LogP contribution < -0.4 is 0 Å². The van der Waals surface area contributed by atoms with Crippen LogP contribution in [0.3, 0.4) is 0 Å². The molecule has 0 heterocycles. The van der Waals surface area contributed by atoms with E-state index in [-0.39, 0.29) is 0 Å². The number of terminal acetylenes is 1. The van der Waals surface area contributed by atoms with Crippen molar-refractivity contribution in [1.29, 1.82) is 0 Å². The molecular formula is C2H3OPTe2. The summed E-state index contributed by atoms with van der Waals surface area (Å²) in [7, 11) is 0. The third kappa shape index (κ3) is 5.53. The molecule has 0 rings (SSSR count). The Hall–Kier alpha value is 1.53. The number of hydrogen-bond acceptors (Lipinski definition) is 1. The molecule has 1 atom stereocenters. The molecule has 0 aromatic heterocycles. The molecule has 1 unspecified atom stereocenters. The van der Waals surface area contributed by atoms with Gasteiger partial charge < -0.3 is 0 Å². The van der Waals surface area contributed by atoms with Crippen LogP contribution in [0, 0.1) is 12.1 Å². The van der Waals surface area contributed by atoms with Gasteiger partial charge in [-0.2, -0.15) is 0 Å². The Labute approximate surface area is 61.8 Å². The normalized spacial score (nSPS) is 18.2. The molecule has 1 N–H and O–H groups in total. The van der Waals surface area contributed by atoms with Crippen LogP contribution >= 0.6 is 2.41 Å². The summed E-state index contributed by atoms with van der Waals surface area (Å²) in [5.74, 6) is 0. The Morgan fingerprint density at radius 2 is 2.17 bits per heavy atom. The van der Waals surface area contributed by atoms with Gasteiger partial charge in [0.1, 0.15) is 0 Å². The fraction of sp³-hybridized carbons (Fsp3) is 0. The molecule has 1 nitrogen and oxygen atoms in total. The standard InChI is InChI=1S/C2H3OPTe2/c1-2-4(3,5)6/h1H,(H2,3,5,6). The summed E-state index contributed by atoms with van der Waals surface area (Å²) < 4.78 is -1.81. The first-order valence-electron chi connectivity index (χ1n) is 1.09. The van der Waals surface area contributed by atoms with Crippen LogP contribution in [0.5, 0.6) is 0 Å². The molecule has 0 amide bonds. The molecule has 0 aliphatic rings. The molecule has 0 spiro atoms. The van der Waals surface area contributed by atoms with Crippen LogP contribution in [0.25, 0.3) is 0 Å². The van der Waals surface area contributed by atoms with Crippen molar-refractivity contribution in [1.82, 2.24) is 0 Å². The Morgan fingerprint density at radius 1 is 2.00 bits per heavy atom. The van der Waals surface area contributed by atoms with Crippen LogP contribution in [0.4, 0.5) is 0 Å². The minimum absolute atomic E-state index is 1.35. The van der Waals surface area contributed by atoms with E-state index in [0.717, 1.165) is 0 Å². The van der Waals surface area contributed by atoms with Gasteiger partial charge in [-0.15, -0.1) is 0 Å². The maximum absolute atomic E-state index is 8.73. The van der Waals surface area contributed by atoms with Crippen LogP contribution in [0.15, 0.2) is 0 Å². The van der Waals surface area contributed by atoms with E-state index >= 15 is 0 Å². The summed E-state index contributed by atoms with van der Waals surface area (Å²) in [4.78, 5) is 8.73. The molecule has 0 aromatic rings. The summed E-state index contributed by atoms with van der Waals surface area (Å²) in [6, 6.07) is 0. The molecule has 0 aliphatic carbocycles. The van der Waals surface area contributed by atoms with Crippen molar-refractivity contribution in [3.8, 4) is 12.1 Å². The van der Waals surface area contributed by atoms with Gasteiger partial charge in [0.2, 0.25) is 0 Å². The molecule has 4 heteroatoms. The first-order chi connectivity index (χ1) is 2.56. The van der Waals surface area contributed by atoms with Crippen LogP contribution in [-0.2, 0) is 0 Å². The fourth-order valence-electron chi connectivity index (χ4n) is 0. The predicted molar refractivity (Wildman–Crippen MR) is 30.9 cm³/mol. The van der Waals surface area contributed by atoms with Gasteiger partial charge in [-0.25, -0.2) is 0 Å². The van der Waals surface area contributed by atoms with Gasteiger partial charge in [-0.1, -0.05) is 0 Å². The van der Waals surface area contributed by atoms with E-state index in [2.05, 4.69) is 5.66 Å². The fourth-order valence-corrected chi connectivity index (χ4v) is 0. The van der Waals surface area contributed by atoms with Gasteiger partial charge in [0, 0.05) is 0 Å². The summed E-state index contributed by atoms with van der Waals surface area (Å²) in [6.45, 7) is 0. The number of rotatable bonds is 0. The van der Waals surface area contributed by atoms with E-state index in [1.54, 1.807) is 21.2 Å². The molecule has 0 radical (unpaired) electrons. The predicted octanol–water partition coefficient (Wildman–Crippen LogP) is -0.599. The van der Waals surface area contributed by atoms with Gasteiger partial charge in [0.15, 0.2) is 0 Å². The molecule has 34 valence electrons. The van der Waals surface area contributed by atoms with Crippen LogP contribution in [-0.4, -0.2) is 47.9 Å². The molecular weight excluding hydrogens is 326 g/mol. The SMILES string of the molecule is C#CP(O)(=[Te])[TeH]. The average Bonchev–Trinajstić information content (AvgIpc) is 1.35. The van der Waals surface area contributed by atoms with Gasteiger partial charge in [-0.05, 0) is 0 Å². The molecule has 0 saturated heterocycles. The van der Waals surface area contributed by atoms with Crippen molar-refractivity contribution in [3.05, 3.63) is 0 Å². The summed E-state index contributed by atoms with van der Waals surface area (Å²) in [5, 5.41) is 0. The van der Waals surface area contributed by atoms with Gasteiger partial charge >= 0.3 is 62.4 Å². The van der Waals surface area contributed by atoms with Crippen LogP contribution in [0.1, 0.15) is 0 Å². The molecule has 0 aliphatic heterocycles. The summed E-state index contributed by atoms with van der Waals surface area (Å²) in [6.07, 6.45) is 4.87. The third-order valence-electron chi connectivity index (χ3n) is 0.168. The Kier molecular flexibility index (Phi) is 3.44. The summed E-state index contributed by atoms with van der Waals surface area (Å²) in [5.41, 5.74) is 2.30. The second-order valence-electron chi connectivity index (χ2n) is 0.673. The Balaban J connectivity index is 3.94. The molecule has 6 heavy (non-hydrogen) atoms. The maximum atomic E-state index is 8.73. The number of hydrogen-bond donors (Lipinski definition) is 1. The van der Waals surface area contributed by atoms with Crippen molar-refractivity contribution >= 4 is 45.4 Å². The Morgan fingerprint density at radius 3 is 2.17 bits per heavy atom. The molecule has 0 saturated carbocycles. The first kappa shape index (κ1) is 7.53. The Bertz CT molecular complexity index is 118. The van der Waals surface area contributed by atoms with E-state index in [9.17, 15) is 0 Å². The quantitative estimate of drug-likeness (QED) is 0.358. The average molecular weight is 329 g/mol. The topological polar surface area (TPSA) is 20.2 Å². The van der Waals surface area contributed by atoms with Gasteiger partial charge in [0.05, 0.1) is 0 Å². The summed E-state index contributed by atoms with van der Waals surface area (Å²) >= 11 is 2.98. The zero-order valence-corrected chi connectivity index (χ0v) is 8.60. The molecule has 0 aromatic carbocycles. The zero-order valence-electron chi connectivity index (χ0n) is 2.83.